The minimum atomic E-state index is -0.431. The molecule has 0 aromatic heterocycles. The molecule has 0 saturated carbocycles. The molecule has 1 amide bonds. The van der Waals surface area contributed by atoms with Crippen molar-refractivity contribution in [1.82, 2.24) is 0 Å². The van der Waals surface area contributed by atoms with Gasteiger partial charge in [0.05, 0.1) is 6.61 Å². The molecule has 0 spiro atoms. The largest absolute Gasteiger partial charge is 0.494 e. The summed E-state index contributed by atoms with van der Waals surface area (Å²) in [5, 5.41) is 0. The van der Waals surface area contributed by atoms with E-state index in [2.05, 4.69) is 0 Å². The minimum absolute atomic E-state index is 0.431. The molecule has 0 atom stereocenters. The zero-order valence-corrected chi connectivity index (χ0v) is 11.2. The number of hydrogen-bond donors (Lipinski definition) is 2. The number of nitrogens with two attached hydrogens (primary N) is 2. The fourth-order valence-electron chi connectivity index (χ4n) is 1.87. The van der Waals surface area contributed by atoms with E-state index < -0.39 is 5.91 Å². The maximum absolute atomic E-state index is 10.9. The number of aryl methyl sites for hydroxylation is 1. The van der Waals surface area contributed by atoms with Crippen LogP contribution in [0, 0.1) is 0 Å². The molecule has 2 aromatic carbocycles. The predicted molar refractivity (Wildman–Crippen MR) is 79.6 cm³/mol. The number of hydrogen-bond acceptors (Lipinski definition) is 3. The van der Waals surface area contributed by atoms with Gasteiger partial charge in [-0.3, -0.25) is 4.79 Å². The van der Waals surface area contributed by atoms with Crippen LogP contribution in [0.25, 0.3) is 0 Å². The lowest BCUT2D eigenvalue weighted by molar-refractivity contribution is 0.100. The van der Waals surface area contributed by atoms with E-state index in [0.717, 1.165) is 24.3 Å². The second-order valence-corrected chi connectivity index (χ2v) is 4.58. The zero-order valence-electron chi connectivity index (χ0n) is 11.2. The molecule has 0 fully saturated rings. The highest BCUT2D eigenvalue weighted by Gasteiger charge is 2.00. The van der Waals surface area contributed by atoms with Gasteiger partial charge in [-0.15, -0.1) is 0 Å². The van der Waals surface area contributed by atoms with Crippen LogP contribution < -0.4 is 16.2 Å². The summed E-state index contributed by atoms with van der Waals surface area (Å²) in [6, 6.07) is 14.7. The third-order valence-electron chi connectivity index (χ3n) is 3.00. The highest BCUT2D eigenvalue weighted by molar-refractivity contribution is 5.92. The van der Waals surface area contributed by atoms with Gasteiger partial charge in [-0.1, -0.05) is 12.1 Å². The van der Waals surface area contributed by atoms with E-state index in [4.69, 9.17) is 16.2 Å². The third kappa shape index (κ3) is 4.02. The average molecular weight is 270 g/mol. The van der Waals surface area contributed by atoms with Crippen LogP contribution >= 0.6 is 0 Å². The van der Waals surface area contributed by atoms with E-state index >= 15 is 0 Å². The van der Waals surface area contributed by atoms with Gasteiger partial charge in [0.2, 0.25) is 5.91 Å². The molecule has 4 nitrogen and oxygen atoms in total. The first-order valence-electron chi connectivity index (χ1n) is 6.52. The molecule has 0 aliphatic carbocycles. The molecule has 4 heteroatoms. The van der Waals surface area contributed by atoms with Gasteiger partial charge < -0.3 is 16.2 Å². The molecular weight excluding hydrogens is 252 g/mol. The second kappa shape index (κ2) is 6.61. The standard InChI is InChI=1S/C16H18N2O2/c17-14-7-3-12(4-8-14)2-1-11-20-15-9-5-13(6-10-15)16(18)19/h3-10H,1-2,11,17H2,(H2,18,19). The van der Waals surface area contributed by atoms with Crippen molar-refractivity contribution in [1.29, 1.82) is 0 Å². The summed E-state index contributed by atoms with van der Waals surface area (Å²) >= 11 is 0. The number of carbonyl (C=O) groups is 1. The monoisotopic (exact) mass is 270 g/mol. The van der Waals surface area contributed by atoms with E-state index in [-0.39, 0.29) is 0 Å². The summed E-state index contributed by atoms with van der Waals surface area (Å²) < 4.78 is 5.61. The molecule has 0 aliphatic rings. The van der Waals surface area contributed by atoms with Crippen molar-refractivity contribution in [3.8, 4) is 5.75 Å². The van der Waals surface area contributed by atoms with Gasteiger partial charge >= 0.3 is 0 Å². The number of anilines is 1. The van der Waals surface area contributed by atoms with Crippen LogP contribution in [0.4, 0.5) is 5.69 Å². The average Bonchev–Trinajstić information content (AvgIpc) is 2.46. The molecule has 20 heavy (non-hydrogen) atoms. The van der Waals surface area contributed by atoms with Gasteiger partial charge in [-0.2, -0.15) is 0 Å². The molecule has 0 heterocycles. The van der Waals surface area contributed by atoms with Gasteiger partial charge in [0.25, 0.3) is 0 Å². The van der Waals surface area contributed by atoms with Crippen molar-refractivity contribution in [2.24, 2.45) is 5.73 Å². The van der Waals surface area contributed by atoms with Crippen molar-refractivity contribution in [2.75, 3.05) is 12.3 Å². The Morgan fingerprint density at radius 1 is 1.00 bits per heavy atom. The van der Waals surface area contributed by atoms with Crippen LogP contribution in [0.1, 0.15) is 22.3 Å². The predicted octanol–water partition coefficient (Wildman–Crippen LogP) is 2.38. The Morgan fingerprint density at radius 3 is 2.25 bits per heavy atom. The summed E-state index contributed by atoms with van der Waals surface area (Å²) in [7, 11) is 0. The molecule has 0 unspecified atom stereocenters. The molecular formula is C16H18N2O2. The van der Waals surface area contributed by atoms with Gasteiger partial charge in [-0.05, 0) is 54.8 Å². The topological polar surface area (TPSA) is 78.3 Å². The van der Waals surface area contributed by atoms with Crippen LogP contribution in [-0.2, 0) is 6.42 Å². The fraction of sp³-hybridized carbons (Fsp3) is 0.188. The van der Waals surface area contributed by atoms with Crippen LogP contribution in [0.2, 0.25) is 0 Å². The van der Waals surface area contributed by atoms with Crippen LogP contribution in [0.15, 0.2) is 48.5 Å². The van der Waals surface area contributed by atoms with E-state index in [1.165, 1.54) is 5.56 Å². The summed E-state index contributed by atoms with van der Waals surface area (Å²) in [5.74, 6) is 0.312. The number of ether oxygens (including phenoxy) is 1. The fourth-order valence-corrected chi connectivity index (χ4v) is 1.87. The number of carbonyl (C=O) groups excluding carboxylic acids is 1. The normalized spacial score (nSPS) is 10.2. The minimum Gasteiger partial charge on any atom is -0.494 e. The molecule has 0 saturated heterocycles. The summed E-state index contributed by atoms with van der Waals surface area (Å²) in [4.78, 5) is 10.9. The lowest BCUT2D eigenvalue weighted by atomic mass is 10.1. The molecule has 0 aliphatic heterocycles. The Morgan fingerprint density at radius 2 is 1.65 bits per heavy atom. The summed E-state index contributed by atoms with van der Waals surface area (Å²) in [6.45, 7) is 0.625. The molecule has 0 radical (unpaired) electrons. The van der Waals surface area contributed by atoms with Crippen LogP contribution in [0.3, 0.4) is 0 Å². The first-order valence-corrected chi connectivity index (χ1v) is 6.52. The smallest absolute Gasteiger partial charge is 0.248 e. The Balaban J connectivity index is 1.75. The summed E-state index contributed by atoms with van der Waals surface area (Å²) in [6.07, 6.45) is 1.86. The maximum atomic E-state index is 10.9. The van der Waals surface area contributed by atoms with Gasteiger partial charge in [0.1, 0.15) is 5.75 Å². The molecule has 2 aromatic rings. The number of primary amides is 1. The van der Waals surface area contributed by atoms with Crippen molar-refractivity contribution in [2.45, 2.75) is 12.8 Å². The lowest BCUT2D eigenvalue weighted by Gasteiger charge is -2.07. The van der Waals surface area contributed by atoms with E-state index in [1.807, 2.05) is 24.3 Å². The Hall–Kier alpha value is -2.49. The van der Waals surface area contributed by atoms with E-state index in [9.17, 15) is 4.79 Å². The van der Waals surface area contributed by atoms with Gasteiger partial charge in [-0.25, -0.2) is 0 Å². The first-order chi connectivity index (χ1) is 9.65. The second-order valence-electron chi connectivity index (χ2n) is 4.58. The number of rotatable bonds is 6. The van der Waals surface area contributed by atoms with Crippen LogP contribution in [0.5, 0.6) is 5.75 Å². The van der Waals surface area contributed by atoms with Gasteiger partial charge in [0, 0.05) is 11.3 Å². The molecule has 4 N–H and O–H groups in total. The zero-order chi connectivity index (χ0) is 14.4. The highest BCUT2D eigenvalue weighted by Crippen LogP contribution is 2.13. The van der Waals surface area contributed by atoms with Crippen molar-refractivity contribution in [3.05, 3.63) is 59.7 Å². The maximum Gasteiger partial charge on any atom is 0.248 e. The van der Waals surface area contributed by atoms with E-state index in [1.54, 1.807) is 24.3 Å². The number of nitrogen functional groups attached to an aromatic ring is 1. The van der Waals surface area contributed by atoms with Gasteiger partial charge in [0.15, 0.2) is 0 Å². The first kappa shape index (κ1) is 13.9. The number of benzene rings is 2. The van der Waals surface area contributed by atoms with Crippen molar-refractivity contribution >= 4 is 11.6 Å². The van der Waals surface area contributed by atoms with Crippen LogP contribution in [-0.4, -0.2) is 12.5 Å². The van der Waals surface area contributed by atoms with Crippen molar-refractivity contribution < 1.29 is 9.53 Å². The Kier molecular flexibility index (Phi) is 4.60. The number of amides is 1. The Labute approximate surface area is 118 Å². The molecule has 2 rings (SSSR count). The Bertz CT molecular complexity index is 562. The summed E-state index contributed by atoms with van der Waals surface area (Å²) in [5.41, 5.74) is 13.3. The molecule has 0 bridgehead atoms. The van der Waals surface area contributed by atoms with E-state index in [0.29, 0.717) is 12.2 Å². The third-order valence-corrected chi connectivity index (χ3v) is 3.00. The molecule has 104 valence electrons. The van der Waals surface area contributed by atoms with Crippen molar-refractivity contribution in [3.63, 3.8) is 0 Å². The highest BCUT2D eigenvalue weighted by atomic mass is 16.5. The lowest BCUT2D eigenvalue weighted by Crippen LogP contribution is -2.10. The quantitative estimate of drug-likeness (QED) is 0.625. The SMILES string of the molecule is NC(=O)c1ccc(OCCCc2ccc(N)cc2)cc1.